The zero-order chi connectivity index (χ0) is 9.90. The average Bonchev–Trinajstić information content (AvgIpc) is 2.18. The van der Waals surface area contributed by atoms with E-state index in [0.29, 0.717) is 0 Å². The van der Waals surface area contributed by atoms with Crippen molar-refractivity contribution < 1.29 is 0 Å². The van der Waals surface area contributed by atoms with Crippen LogP contribution >= 0.6 is 11.8 Å². The largest absolute Gasteiger partial charge is 0.130 e. The van der Waals surface area contributed by atoms with Crippen molar-refractivity contribution >= 4 is 11.8 Å². The van der Waals surface area contributed by atoms with Gasteiger partial charge in [0.25, 0.3) is 0 Å². The third kappa shape index (κ3) is 2.29. The van der Waals surface area contributed by atoms with E-state index in [9.17, 15) is 0 Å². The second-order valence-corrected chi connectivity index (χ2v) is 4.38. The minimum atomic E-state index is -0.161. The Bertz CT molecular complexity index is 331. The maximum Gasteiger partial charge on any atom is 0.0504 e. The third-order valence-corrected chi connectivity index (χ3v) is 2.88. The lowest BCUT2D eigenvalue weighted by Crippen LogP contribution is -2.13. The molecule has 68 valence electrons. The molecule has 0 bridgehead atoms. The molecule has 0 unspecified atom stereocenters. The van der Waals surface area contributed by atoms with E-state index in [2.05, 4.69) is 50.3 Å². The summed E-state index contributed by atoms with van der Waals surface area (Å²) in [5.74, 6) is 2.80. The van der Waals surface area contributed by atoms with Crippen molar-refractivity contribution in [2.45, 2.75) is 24.2 Å². The smallest absolute Gasteiger partial charge is 0.0504 e. The molecular weight excluding hydrogens is 176 g/mol. The zero-order valence-corrected chi connectivity index (χ0v) is 9.11. The monoisotopic (exact) mass is 190 g/mol. The van der Waals surface area contributed by atoms with Gasteiger partial charge in [0, 0.05) is 4.90 Å². The molecule has 0 aliphatic carbocycles. The lowest BCUT2D eigenvalue weighted by Gasteiger charge is -2.18. The number of rotatable bonds is 2. The van der Waals surface area contributed by atoms with Gasteiger partial charge in [-0.3, -0.25) is 0 Å². The van der Waals surface area contributed by atoms with Crippen LogP contribution in [0.3, 0.4) is 0 Å². The van der Waals surface area contributed by atoms with Crippen molar-refractivity contribution in [3.05, 3.63) is 29.8 Å². The van der Waals surface area contributed by atoms with Gasteiger partial charge in [0.1, 0.15) is 0 Å². The highest BCUT2D eigenvalue weighted by molar-refractivity contribution is 7.98. The highest BCUT2D eigenvalue weighted by atomic mass is 32.2. The zero-order valence-electron chi connectivity index (χ0n) is 8.29. The van der Waals surface area contributed by atoms with Crippen molar-refractivity contribution in [3.8, 4) is 12.3 Å². The van der Waals surface area contributed by atoms with Crippen LogP contribution in [-0.2, 0) is 5.41 Å². The van der Waals surface area contributed by atoms with Crippen molar-refractivity contribution in [1.29, 1.82) is 0 Å². The van der Waals surface area contributed by atoms with E-state index >= 15 is 0 Å². The Morgan fingerprint density at radius 1 is 1.38 bits per heavy atom. The molecule has 0 spiro atoms. The molecule has 0 radical (unpaired) electrons. The predicted molar refractivity (Wildman–Crippen MR) is 60.1 cm³/mol. The fraction of sp³-hybridized carbons (Fsp3) is 0.333. The Kier molecular flexibility index (Phi) is 3.06. The second-order valence-electron chi connectivity index (χ2n) is 3.50. The number of hydrogen-bond donors (Lipinski definition) is 0. The molecule has 0 fully saturated rings. The summed E-state index contributed by atoms with van der Waals surface area (Å²) in [5, 5.41) is 0. The highest BCUT2D eigenvalue weighted by Crippen LogP contribution is 2.25. The van der Waals surface area contributed by atoms with Crippen molar-refractivity contribution in [3.63, 3.8) is 0 Å². The van der Waals surface area contributed by atoms with E-state index in [1.165, 1.54) is 10.5 Å². The van der Waals surface area contributed by atoms with Crippen molar-refractivity contribution in [1.82, 2.24) is 0 Å². The first kappa shape index (κ1) is 10.2. The summed E-state index contributed by atoms with van der Waals surface area (Å²) in [5.41, 5.74) is 1.05. The van der Waals surface area contributed by atoms with Crippen LogP contribution in [0.1, 0.15) is 19.4 Å². The standard InChI is InChI=1S/C12H14S/c1-5-12(2,3)10-7-6-8-11(9-10)13-4/h1,6-9H,2-4H3. The van der Waals surface area contributed by atoms with E-state index in [1.807, 2.05) is 0 Å². The van der Waals surface area contributed by atoms with E-state index in [1.54, 1.807) is 11.8 Å². The lowest BCUT2D eigenvalue weighted by molar-refractivity contribution is 0.697. The van der Waals surface area contributed by atoms with Gasteiger partial charge in [-0.05, 0) is 37.8 Å². The van der Waals surface area contributed by atoms with Gasteiger partial charge >= 0.3 is 0 Å². The van der Waals surface area contributed by atoms with Gasteiger partial charge in [-0.25, -0.2) is 0 Å². The molecule has 0 saturated carbocycles. The van der Waals surface area contributed by atoms with Gasteiger partial charge in [0.15, 0.2) is 0 Å². The van der Waals surface area contributed by atoms with Crippen LogP contribution < -0.4 is 0 Å². The molecule has 1 heteroatoms. The molecule has 1 aromatic rings. The van der Waals surface area contributed by atoms with Crippen LogP contribution in [0, 0.1) is 12.3 Å². The van der Waals surface area contributed by atoms with Crippen molar-refractivity contribution in [2.75, 3.05) is 6.26 Å². The molecule has 0 aromatic heterocycles. The second kappa shape index (κ2) is 3.89. The average molecular weight is 190 g/mol. The molecule has 1 aromatic carbocycles. The van der Waals surface area contributed by atoms with Gasteiger partial charge in [0.2, 0.25) is 0 Å². The maximum atomic E-state index is 5.47. The molecule has 13 heavy (non-hydrogen) atoms. The van der Waals surface area contributed by atoms with Gasteiger partial charge in [-0.2, -0.15) is 0 Å². The third-order valence-electron chi connectivity index (χ3n) is 2.15. The Hall–Kier alpha value is -0.870. The van der Waals surface area contributed by atoms with Crippen LogP contribution in [0.15, 0.2) is 29.2 Å². The van der Waals surface area contributed by atoms with Gasteiger partial charge < -0.3 is 0 Å². The molecule has 0 aliphatic rings. The fourth-order valence-corrected chi connectivity index (χ4v) is 1.55. The maximum absolute atomic E-state index is 5.47. The lowest BCUT2D eigenvalue weighted by atomic mass is 9.86. The topological polar surface area (TPSA) is 0 Å². The molecule has 0 atom stereocenters. The number of terminal acetylenes is 1. The van der Waals surface area contributed by atoms with Crippen molar-refractivity contribution in [2.24, 2.45) is 0 Å². The molecular formula is C12H14S. The molecule has 0 saturated heterocycles. The number of benzene rings is 1. The van der Waals surface area contributed by atoms with E-state index in [-0.39, 0.29) is 5.41 Å². The molecule has 0 amide bonds. The summed E-state index contributed by atoms with van der Waals surface area (Å²) in [6, 6.07) is 8.39. The summed E-state index contributed by atoms with van der Waals surface area (Å²) in [6.45, 7) is 4.12. The van der Waals surface area contributed by atoms with Gasteiger partial charge in [-0.1, -0.05) is 18.1 Å². The summed E-state index contributed by atoms with van der Waals surface area (Å²) < 4.78 is 0. The Labute approximate surface area is 84.7 Å². The molecule has 0 heterocycles. The Morgan fingerprint density at radius 3 is 2.62 bits per heavy atom. The Balaban J connectivity index is 3.10. The number of thioether (sulfide) groups is 1. The predicted octanol–water partition coefficient (Wildman–Crippen LogP) is 3.32. The van der Waals surface area contributed by atoms with E-state index in [4.69, 9.17) is 6.42 Å². The molecule has 0 nitrogen and oxygen atoms in total. The number of hydrogen-bond acceptors (Lipinski definition) is 1. The first-order valence-electron chi connectivity index (χ1n) is 4.22. The van der Waals surface area contributed by atoms with Crippen LogP contribution in [0.25, 0.3) is 0 Å². The first-order valence-corrected chi connectivity index (χ1v) is 5.45. The molecule has 1 rings (SSSR count). The Morgan fingerprint density at radius 2 is 2.08 bits per heavy atom. The fourth-order valence-electron chi connectivity index (χ4n) is 1.10. The quantitative estimate of drug-likeness (QED) is 0.509. The van der Waals surface area contributed by atoms with Crippen LogP contribution in [-0.4, -0.2) is 6.26 Å². The van der Waals surface area contributed by atoms with Gasteiger partial charge in [-0.15, -0.1) is 18.2 Å². The normalized spacial score (nSPS) is 10.9. The van der Waals surface area contributed by atoms with E-state index in [0.717, 1.165) is 0 Å². The van der Waals surface area contributed by atoms with Crippen LogP contribution in [0.5, 0.6) is 0 Å². The summed E-state index contributed by atoms with van der Waals surface area (Å²) in [4.78, 5) is 1.26. The summed E-state index contributed by atoms with van der Waals surface area (Å²) in [6.07, 6.45) is 7.54. The van der Waals surface area contributed by atoms with Crippen LogP contribution in [0.4, 0.5) is 0 Å². The summed E-state index contributed by atoms with van der Waals surface area (Å²) >= 11 is 1.74. The summed E-state index contributed by atoms with van der Waals surface area (Å²) in [7, 11) is 0. The highest BCUT2D eigenvalue weighted by Gasteiger charge is 2.16. The van der Waals surface area contributed by atoms with Crippen LogP contribution in [0.2, 0.25) is 0 Å². The van der Waals surface area contributed by atoms with Gasteiger partial charge in [0.05, 0.1) is 5.41 Å². The first-order chi connectivity index (χ1) is 6.10. The minimum Gasteiger partial charge on any atom is -0.130 e. The van der Waals surface area contributed by atoms with E-state index < -0.39 is 0 Å². The SMILES string of the molecule is C#CC(C)(C)c1cccc(SC)c1. The minimum absolute atomic E-state index is 0.161. The molecule has 0 N–H and O–H groups in total. The molecule has 0 aliphatic heterocycles.